The lowest BCUT2D eigenvalue weighted by molar-refractivity contribution is 0.717. The van der Waals surface area contributed by atoms with Gasteiger partial charge in [0.05, 0.1) is 21.8 Å². The number of benzene rings is 2. The van der Waals surface area contributed by atoms with E-state index in [1.165, 1.54) is 16.7 Å². The van der Waals surface area contributed by atoms with Crippen LogP contribution >= 0.6 is 35.4 Å². The van der Waals surface area contributed by atoms with Crippen molar-refractivity contribution in [1.29, 1.82) is 0 Å². The van der Waals surface area contributed by atoms with Crippen LogP contribution in [0.3, 0.4) is 0 Å². The number of aryl methyl sites for hydroxylation is 2. The molecule has 2 nitrogen and oxygen atoms in total. The first-order valence-corrected chi connectivity index (χ1v) is 8.13. The van der Waals surface area contributed by atoms with Crippen molar-refractivity contribution in [1.82, 2.24) is 5.32 Å². The van der Waals surface area contributed by atoms with E-state index < -0.39 is 0 Å². The largest absolute Gasteiger partial charge is 0.356 e. The van der Waals surface area contributed by atoms with Crippen LogP contribution in [-0.4, -0.2) is 5.11 Å². The van der Waals surface area contributed by atoms with Gasteiger partial charge in [-0.25, -0.2) is 0 Å². The van der Waals surface area contributed by atoms with Crippen LogP contribution in [0.25, 0.3) is 0 Å². The zero-order chi connectivity index (χ0) is 16.3. The van der Waals surface area contributed by atoms with Crippen molar-refractivity contribution in [2.75, 3.05) is 5.32 Å². The van der Waals surface area contributed by atoms with Crippen LogP contribution in [0.15, 0.2) is 36.4 Å². The van der Waals surface area contributed by atoms with E-state index in [1.807, 2.05) is 12.1 Å². The van der Waals surface area contributed by atoms with E-state index in [9.17, 15) is 0 Å². The smallest absolute Gasteiger partial charge is 0.171 e. The molecule has 2 aromatic rings. The first kappa shape index (κ1) is 17.1. The van der Waals surface area contributed by atoms with Gasteiger partial charge in [-0.15, -0.1) is 0 Å². The highest BCUT2D eigenvalue weighted by molar-refractivity contribution is 7.80. The molecule has 0 aromatic heterocycles. The normalized spacial score (nSPS) is 11.9. The number of thiocarbonyl (C=S) groups is 1. The van der Waals surface area contributed by atoms with Crippen molar-refractivity contribution in [3.8, 4) is 0 Å². The second-order valence-electron chi connectivity index (χ2n) is 5.28. The Morgan fingerprint density at radius 2 is 1.86 bits per heavy atom. The van der Waals surface area contributed by atoms with Crippen LogP contribution in [0.5, 0.6) is 0 Å². The van der Waals surface area contributed by atoms with Crippen molar-refractivity contribution < 1.29 is 0 Å². The molecule has 0 aliphatic carbocycles. The Morgan fingerprint density at radius 3 is 2.55 bits per heavy atom. The molecular formula is C17H18Cl2N2S. The van der Waals surface area contributed by atoms with Crippen LogP contribution in [0.2, 0.25) is 10.0 Å². The number of anilines is 1. The van der Waals surface area contributed by atoms with Gasteiger partial charge in [-0.3, -0.25) is 0 Å². The Kier molecular flexibility index (Phi) is 5.68. The molecule has 0 amide bonds. The molecule has 2 rings (SSSR count). The highest BCUT2D eigenvalue weighted by Gasteiger charge is 2.11. The zero-order valence-corrected chi connectivity index (χ0v) is 15.0. The molecule has 0 bridgehead atoms. The fourth-order valence-electron chi connectivity index (χ4n) is 2.34. The fourth-order valence-corrected chi connectivity index (χ4v) is 2.98. The number of nitrogens with one attached hydrogen (secondary N) is 2. The summed E-state index contributed by atoms with van der Waals surface area (Å²) in [5.41, 5.74) is 4.40. The Labute approximate surface area is 146 Å². The van der Waals surface area contributed by atoms with E-state index in [-0.39, 0.29) is 6.04 Å². The van der Waals surface area contributed by atoms with Gasteiger partial charge in [-0.05, 0) is 56.2 Å². The summed E-state index contributed by atoms with van der Waals surface area (Å²) in [6.07, 6.45) is 0. The van der Waals surface area contributed by atoms with Gasteiger partial charge in [0.15, 0.2) is 5.11 Å². The van der Waals surface area contributed by atoms with E-state index in [0.717, 1.165) is 0 Å². The van der Waals surface area contributed by atoms with Crippen LogP contribution in [-0.2, 0) is 0 Å². The van der Waals surface area contributed by atoms with Gasteiger partial charge in [0.2, 0.25) is 0 Å². The predicted molar refractivity (Wildman–Crippen MR) is 100 cm³/mol. The second-order valence-corrected chi connectivity index (χ2v) is 6.47. The number of hydrogen-bond donors (Lipinski definition) is 2. The third kappa shape index (κ3) is 4.13. The first-order chi connectivity index (χ1) is 10.4. The molecule has 0 aliphatic heterocycles. The lowest BCUT2D eigenvalue weighted by Gasteiger charge is -2.20. The van der Waals surface area contributed by atoms with Crippen molar-refractivity contribution in [2.24, 2.45) is 0 Å². The molecule has 0 fully saturated rings. The van der Waals surface area contributed by atoms with Gasteiger partial charge in [0.1, 0.15) is 0 Å². The number of hydrogen-bond acceptors (Lipinski definition) is 1. The van der Waals surface area contributed by atoms with E-state index in [1.54, 1.807) is 6.07 Å². The highest BCUT2D eigenvalue weighted by Crippen LogP contribution is 2.29. The summed E-state index contributed by atoms with van der Waals surface area (Å²) < 4.78 is 0. The van der Waals surface area contributed by atoms with Crippen LogP contribution < -0.4 is 10.6 Å². The van der Waals surface area contributed by atoms with Gasteiger partial charge < -0.3 is 10.6 Å². The monoisotopic (exact) mass is 352 g/mol. The molecule has 0 aliphatic rings. The number of halogens is 2. The quantitative estimate of drug-likeness (QED) is 0.697. The summed E-state index contributed by atoms with van der Waals surface area (Å²) in [5, 5.41) is 7.83. The van der Waals surface area contributed by atoms with Crippen LogP contribution in [0, 0.1) is 13.8 Å². The summed E-state index contributed by atoms with van der Waals surface area (Å²) in [5.74, 6) is 0. The van der Waals surface area contributed by atoms with Gasteiger partial charge in [0, 0.05) is 0 Å². The van der Waals surface area contributed by atoms with E-state index in [0.29, 0.717) is 20.8 Å². The third-order valence-corrected chi connectivity index (χ3v) is 4.48. The average Bonchev–Trinajstić information content (AvgIpc) is 2.43. The lowest BCUT2D eigenvalue weighted by atomic mass is 10.0. The van der Waals surface area contributed by atoms with Crippen LogP contribution in [0.1, 0.15) is 29.7 Å². The molecule has 0 heterocycles. The molecule has 0 radical (unpaired) electrons. The molecule has 2 N–H and O–H groups in total. The Balaban J connectivity index is 2.07. The lowest BCUT2D eigenvalue weighted by Crippen LogP contribution is -2.31. The fraction of sp³-hybridized carbons (Fsp3) is 0.235. The maximum Gasteiger partial charge on any atom is 0.171 e. The molecule has 2 aromatic carbocycles. The minimum Gasteiger partial charge on any atom is -0.356 e. The molecule has 5 heteroatoms. The Morgan fingerprint density at radius 1 is 1.14 bits per heavy atom. The Hall–Kier alpha value is -1.29. The van der Waals surface area contributed by atoms with Crippen molar-refractivity contribution >= 4 is 46.2 Å². The molecule has 1 unspecified atom stereocenters. The summed E-state index contributed by atoms with van der Waals surface area (Å²) in [7, 11) is 0. The number of rotatable bonds is 3. The summed E-state index contributed by atoms with van der Waals surface area (Å²) >= 11 is 17.5. The Bertz CT molecular complexity index is 701. The molecule has 1 atom stereocenters. The van der Waals surface area contributed by atoms with Gasteiger partial charge in [0.25, 0.3) is 0 Å². The standard InChI is InChI=1S/C17H18Cl2N2S/c1-10-7-8-13(11(2)9-10)12(3)20-17(22)21-15-6-4-5-14(18)16(15)19/h4-9,12H,1-3H3,(H2,20,21,22). The van der Waals surface area contributed by atoms with Gasteiger partial charge >= 0.3 is 0 Å². The molecule has 22 heavy (non-hydrogen) atoms. The van der Waals surface area contributed by atoms with Crippen molar-refractivity contribution in [2.45, 2.75) is 26.8 Å². The summed E-state index contributed by atoms with van der Waals surface area (Å²) in [6.45, 7) is 6.26. The molecule has 0 saturated heterocycles. The third-order valence-electron chi connectivity index (χ3n) is 3.44. The van der Waals surface area contributed by atoms with E-state index in [2.05, 4.69) is 49.6 Å². The molecule has 0 saturated carbocycles. The van der Waals surface area contributed by atoms with Gasteiger partial charge in [-0.1, -0.05) is 53.0 Å². The summed E-state index contributed by atoms with van der Waals surface area (Å²) in [4.78, 5) is 0. The SMILES string of the molecule is Cc1ccc(C(C)NC(=S)Nc2cccc(Cl)c2Cl)c(C)c1. The minimum atomic E-state index is 0.0959. The predicted octanol–water partition coefficient (Wildman–Crippen LogP) is 5.66. The second kappa shape index (κ2) is 7.32. The molecular weight excluding hydrogens is 335 g/mol. The molecule has 116 valence electrons. The van der Waals surface area contributed by atoms with Crippen molar-refractivity contribution in [3.05, 3.63) is 63.1 Å². The first-order valence-electron chi connectivity index (χ1n) is 6.97. The topological polar surface area (TPSA) is 24.1 Å². The highest BCUT2D eigenvalue weighted by atomic mass is 35.5. The zero-order valence-electron chi connectivity index (χ0n) is 12.7. The van der Waals surface area contributed by atoms with Crippen molar-refractivity contribution in [3.63, 3.8) is 0 Å². The average molecular weight is 353 g/mol. The summed E-state index contributed by atoms with van der Waals surface area (Å²) in [6, 6.07) is 11.9. The maximum absolute atomic E-state index is 6.15. The maximum atomic E-state index is 6.15. The van der Waals surface area contributed by atoms with E-state index >= 15 is 0 Å². The van der Waals surface area contributed by atoms with Gasteiger partial charge in [-0.2, -0.15) is 0 Å². The molecule has 0 spiro atoms. The minimum absolute atomic E-state index is 0.0959. The van der Waals surface area contributed by atoms with E-state index in [4.69, 9.17) is 35.4 Å². The van der Waals surface area contributed by atoms with Crippen LogP contribution in [0.4, 0.5) is 5.69 Å².